The standard InChI is InChI=1S/C16H22BrN5S.HI/c1-12-5-7-21(10-14(12)22-8-6-19-11-22)16(18-2)20-9-13-3-4-15(17)23-13;/h3-4,6,8,11-12,14H,5,7,9-10H2,1-2H3,(H,18,20);1H. The maximum absolute atomic E-state index is 4.47. The molecule has 0 bridgehead atoms. The molecule has 5 nitrogen and oxygen atoms in total. The van der Waals surface area contributed by atoms with Gasteiger partial charge in [0.05, 0.1) is 22.7 Å². The summed E-state index contributed by atoms with van der Waals surface area (Å²) in [5.74, 6) is 1.62. The van der Waals surface area contributed by atoms with Crippen LogP contribution >= 0.6 is 51.2 Å². The van der Waals surface area contributed by atoms with Crippen LogP contribution in [0.2, 0.25) is 0 Å². The van der Waals surface area contributed by atoms with E-state index in [0.717, 1.165) is 35.8 Å². The number of likely N-dealkylation sites (tertiary alicyclic amines) is 1. The second kappa shape index (κ2) is 9.19. The zero-order chi connectivity index (χ0) is 16.2. The molecule has 1 N–H and O–H groups in total. The lowest BCUT2D eigenvalue weighted by Gasteiger charge is -2.39. The van der Waals surface area contributed by atoms with Crippen LogP contribution < -0.4 is 5.32 Å². The summed E-state index contributed by atoms with van der Waals surface area (Å²) in [5.41, 5.74) is 0. The highest BCUT2D eigenvalue weighted by molar-refractivity contribution is 14.0. The smallest absolute Gasteiger partial charge is 0.194 e. The van der Waals surface area contributed by atoms with E-state index < -0.39 is 0 Å². The van der Waals surface area contributed by atoms with Gasteiger partial charge in [-0.25, -0.2) is 4.98 Å². The fourth-order valence-corrected chi connectivity index (χ4v) is 4.46. The van der Waals surface area contributed by atoms with Gasteiger partial charge in [-0.15, -0.1) is 35.3 Å². The lowest BCUT2D eigenvalue weighted by atomic mass is 9.93. The molecule has 2 unspecified atom stereocenters. The first-order chi connectivity index (χ1) is 11.2. The van der Waals surface area contributed by atoms with Crippen LogP contribution in [-0.4, -0.2) is 40.5 Å². The summed E-state index contributed by atoms with van der Waals surface area (Å²) < 4.78 is 3.39. The third-order valence-electron chi connectivity index (χ3n) is 4.39. The van der Waals surface area contributed by atoms with Crippen molar-refractivity contribution in [2.45, 2.75) is 25.9 Å². The molecule has 1 aliphatic rings. The predicted molar refractivity (Wildman–Crippen MR) is 114 cm³/mol. The zero-order valence-corrected chi connectivity index (χ0v) is 18.6. The largest absolute Gasteiger partial charge is 0.351 e. The van der Waals surface area contributed by atoms with Gasteiger partial charge in [0.1, 0.15) is 0 Å². The van der Waals surface area contributed by atoms with Crippen molar-refractivity contribution in [1.82, 2.24) is 19.8 Å². The normalized spacial score (nSPS) is 21.5. The second-order valence-corrected chi connectivity index (χ2v) is 8.44. The van der Waals surface area contributed by atoms with Crippen LogP contribution in [0.25, 0.3) is 0 Å². The van der Waals surface area contributed by atoms with E-state index in [1.54, 1.807) is 11.3 Å². The molecule has 0 aromatic carbocycles. The Balaban J connectivity index is 0.00000208. The number of guanidine groups is 1. The number of hydrogen-bond acceptors (Lipinski definition) is 3. The Labute approximate surface area is 172 Å². The molecule has 24 heavy (non-hydrogen) atoms. The number of nitrogens with zero attached hydrogens (tertiary/aromatic N) is 4. The van der Waals surface area contributed by atoms with Crippen molar-refractivity contribution in [3.05, 3.63) is 39.5 Å². The van der Waals surface area contributed by atoms with Crippen molar-refractivity contribution in [3.63, 3.8) is 0 Å². The van der Waals surface area contributed by atoms with E-state index >= 15 is 0 Å². The molecule has 2 aromatic heterocycles. The molecule has 1 saturated heterocycles. The van der Waals surface area contributed by atoms with Gasteiger partial charge in [-0.1, -0.05) is 6.92 Å². The van der Waals surface area contributed by atoms with E-state index in [0.29, 0.717) is 12.0 Å². The van der Waals surface area contributed by atoms with Gasteiger partial charge in [-0.05, 0) is 40.4 Å². The fraction of sp³-hybridized carbons (Fsp3) is 0.500. The van der Waals surface area contributed by atoms with Crippen molar-refractivity contribution in [2.75, 3.05) is 20.1 Å². The van der Waals surface area contributed by atoms with E-state index in [2.05, 4.69) is 65.9 Å². The minimum absolute atomic E-state index is 0. The quantitative estimate of drug-likeness (QED) is 0.376. The summed E-state index contributed by atoms with van der Waals surface area (Å²) in [6, 6.07) is 4.67. The van der Waals surface area contributed by atoms with Crippen LogP contribution in [0.3, 0.4) is 0 Å². The van der Waals surface area contributed by atoms with Gasteiger partial charge >= 0.3 is 0 Å². The molecule has 1 aliphatic heterocycles. The number of imidazole rings is 1. The molecular weight excluding hydrogens is 501 g/mol. The molecule has 0 aliphatic carbocycles. The van der Waals surface area contributed by atoms with E-state index in [4.69, 9.17) is 0 Å². The summed E-state index contributed by atoms with van der Waals surface area (Å²) in [6.45, 7) is 5.14. The lowest BCUT2D eigenvalue weighted by molar-refractivity contribution is 0.189. The number of nitrogens with one attached hydrogen (secondary N) is 1. The van der Waals surface area contributed by atoms with Gasteiger partial charge in [-0.3, -0.25) is 4.99 Å². The SMILES string of the molecule is CN=C(NCc1ccc(Br)s1)N1CCC(C)C(n2ccnc2)C1.I. The summed E-state index contributed by atoms with van der Waals surface area (Å²) in [7, 11) is 1.86. The Hall–Kier alpha value is -0.610. The number of halogens is 2. The summed E-state index contributed by atoms with van der Waals surface area (Å²) in [6.07, 6.45) is 7.00. The Morgan fingerprint density at radius 1 is 1.50 bits per heavy atom. The van der Waals surface area contributed by atoms with Crippen LogP contribution in [-0.2, 0) is 6.54 Å². The minimum Gasteiger partial charge on any atom is -0.351 e. The van der Waals surface area contributed by atoms with Crippen LogP contribution in [0.1, 0.15) is 24.3 Å². The van der Waals surface area contributed by atoms with Gasteiger partial charge in [-0.2, -0.15) is 0 Å². The average Bonchev–Trinajstić information content (AvgIpc) is 3.21. The predicted octanol–water partition coefficient (Wildman–Crippen LogP) is 3.98. The third kappa shape index (κ3) is 4.72. The molecule has 0 spiro atoms. The summed E-state index contributed by atoms with van der Waals surface area (Å²) in [4.78, 5) is 12.3. The van der Waals surface area contributed by atoms with Crippen molar-refractivity contribution >= 4 is 57.2 Å². The Morgan fingerprint density at radius 2 is 2.33 bits per heavy atom. The third-order valence-corrected chi connectivity index (χ3v) is 6.01. The topological polar surface area (TPSA) is 45.5 Å². The Morgan fingerprint density at radius 3 is 2.96 bits per heavy atom. The summed E-state index contributed by atoms with van der Waals surface area (Å²) in [5, 5.41) is 3.49. The van der Waals surface area contributed by atoms with Gasteiger partial charge in [0, 0.05) is 37.4 Å². The minimum atomic E-state index is 0. The number of aromatic nitrogens is 2. The van der Waals surface area contributed by atoms with E-state index in [1.807, 2.05) is 19.6 Å². The first-order valence-electron chi connectivity index (χ1n) is 7.84. The molecule has 3 heterocycles. The number of aliphatic imine (C=N–C) groups is 1. The number of thiophene rings is 1. The Kier molecular flexibility index (Phi) is 7.55. The van der Waals surface area contributed by atoms with E-state index in [9.17, 15) is 0 Å². The molecule has 1 fully saturated rings. The van der Waals surface area contributed by atoms with Crippen molar-refractivity contribution in [3.8, 4) is 0 Å². The maximum Gasteiger partial charge on any atom is 0.194 e. The highest BCUT2D eigenvalue weighted by atomic mass is 127. The highest BCUT2D eigenvalue weighted by Gasteiger charge is 2.28. The van der Waals surface area contributed by atoms with Crippen LogP contribution in [0.4, 0.5) is 0 Å². The first-order valence-corrected chi connectivity index (χ1v) is 9.45. The molecule has 3 rings (SSSR count). The molecule has 0 radical (unpaired) electrons. The number of piperidine rings is 1. The van der Waals surface area contributed by atoms with Crippen molar-refractivity contribution < 1.29 is 0 Å². The second-order valence-electron chi connectivity index (χ2n) is 5.90. The maximum atomic E-state index is 4.47. The van der Waals surface area contributed by atoms with Gasteiger partial charge < -0.3 is 14.8 Å². The van der Waals surface area contributed by atoms with Crippen molar-refractivity contribution in [2.24, 2.45) is 10.9 Å². The molecule has 2 atom stereocenters. The Bertz CT molecular complexity index is 657. The zero-order valence-electron chi connectivity index (χ0n) is 13.9. The molecule has 0 amide bonds. The number of rotatable bonds is 3. The van der Waals surface area contributed by atoms with Crippen LogP contribution in [0.5, 0.6) is 0 Å². The lowest BCUT2D eigenvalue weighted by Crippen LogP contribution is -2.48. The van der Waals surface area contributed by atoms with Crippen LogP contribution in [0.15, 0.2) is 39.6 Å². The average molecular weight is 524 g/mol. The van der Waals surface area contributed by atoms with E-state index in [-0.39, 0.29) is 24.0 Å². The van der Waals surface area contributed by atoms with Gasteiger partial charge in [0.15, 0.2) is 5.96 Å². The first kappa shape index (κ1) is 19.7. The molecule has 0 saturated carbocycles. The van der Waals surface area contributed by atoms with E-state index in [1.165, 1.54) is 4.88 Å². The van der Waals surface area contributed by atoms with Crippen molar-refractivity contribution in [1.29, 1.82) is 0 Å². The summed E-state index contributed by atoms with van der Waals surface area (Å²) >= 11 is 5.26. The van der Waals surface area contributed by atoms with Gasteiger partial charge in [0.2, 0.25) is 0 Å². The highest BCUT2D eigenvalue weighted by Crippen LogP contribution is 2.27. The fourth-order valence-electron chi connectivity index (χ4n) is 3.04. The monoisotopic (exact) mass is 523 g/mol. The number of hydrogen-bond donors (Lipinski definition) is 1. The molecule has 2 aromatic rings. The molecular formula is C16H23BrIN5S. The van der Waals surface area contributed by atoms with Gasteiger partial charge in [0.25, 0.3) is 0 Å². The van der Waals surface area contributed by atoms with Crippen LogP contribution in [0, 0.1) is 5.92 Å². The molecule has 132 valence electrons. The molecule has 8 heteroatoms.